The Labute approximate surface area is 154 Å². The van der Waals surface area contributed by atoms with E-state index in [4.69, 9.17) is 11.6 Å². The summed E-state index contributed by atoms with van der Waals surface area (Å²) in [7, 11) is -3.39. The molecule has 0 atom stereocenters. The van der Waals surface area contributed by atoms with Crippen molar-refractivity contribution in [2.75, 3.05) is 13.1 Å². The number of hydrogen-bond donors (Lipinski definition) is 1. The van der Waals surface area contributed by atoms with Crippen LogP contribution in [0.5, 0.6) is 0 Å². The summed E-state index contributed by atoms with van der Waals surface area (Å²) in [6.45, 7) is 3.79. The SMILES string of the molecule is Cc1ccc(S(=O)(=O)N2CCC(NCc3cccc(Cl)c3)CC2)cc1. The summed E-state index contributed by atoms with van der Waals surface area (Å²) in [6, 6.07) is 15.2. The number of aryl methyl sites for hydroxylation is 1. The lowest BCUT2D eigenvalue weighted by molar-refractivity contribution is 0.288. The number of benzene rings is 2. The third kappa shape index (κ3) is 4.61. The minimum absolute atomic E-state index is 0.323. The number of sulfonamides is 1. The Morgan fingerprint density at radius 1 is 1.12 bits per heavy atom. The van der Waals surface area contributed by atoms with Crippen LogP contribution in [0, 0.1) is 6.92 Å². The van der Waals surface area contributed by atoms with Crippen molar-refractivity contribution < 1.29 is 8.42 Å². The van der Waals surface area contributed by atoms with E-state index in [-0.39, 0.29) is 0 Å². The molecule has 1 aliphatic heterocycles. The molecule has 0 unspecified atom stereocenters. The van der Waals surface area contributed by atoms with Gasteiger partial charge in [-0.15, -0.1) is 0 Å². The van der Waals surface area contributed by atoms with Gasteiger partial charge in [-0.2, -0.15) is 4.31 Å². The van der Waals surface area contributed by atoms with Crippen molar-refractivity contribution >= 4 is 21.6 Å². The average molecular weight is 379 g/mol. The van der Waals surface area contributed by atoms with Crippen LogP contribution in [0.25, 0.3) is 0 Å². The lowest BCUT2D eigenvalue weighted by Gasteiger charge is -2.31. The van der Waals surface area contributed by atoms with Gasteiger partial charge in [0.15, 0.2) is 0 Å². The number of rotatable bonds is 5. The van der Waals surface area contributed by atoms with Crippen LogP contribution in [-0.4, -0.2) is 31.9 Å². The zero-order valence-corrected chi connectivity index (χ0v) is 15.9. The average Bonchev–Trinajstić information content (AvgIpc) is 2.61. The molecule has 25 heavy (non-hydrogen) atoms. The van der Waals surface area contributed by atoms with Crippen molar-refractivity contribution in [2.24, 2.45) is 0 Å². The molecule has 4 nitrogen and oxygen atoms in total. The second-order valence-corrected chi connectivity index (χ2v) is 8.88. The molecule has 1 saturated heterocycles. The lowest BCUT2D eigenvalue weighted by atomic mass is 10.1. The summed E-state index contributed by atoms with van der Waals surface area (Å²) < 4.78 is 27.0. The minimum atomic E-state index is -3.39. The van der Waals surface area contributed by atoms with Gasteiger partial charge in [0.2, 0.25) is 10.0 Å². The van der Waals surface area contributed by atoms with E-state index in [1.54, 1.807) is 16.4 Å². The van der Waals surface area contributed by atoms with E-state index >= 15 is 0 Å². The second-order valence-electron chi connectivity index (χ2n) is 6.50. The molecule has 0 aromatic heterocycles. The molecule has 1 aliphatic rings. The molecule has 1 fully saturated rings. The van der Waals surface area contributed by atoms with Crippen LogP contribution in [-0.2, 0) is 16.6 Å². The monoisotopic (exact) mass is 378 g/mol. The van der Waals surface area contributed by atoms with Gasteiger partial charge in [-0.05, 0) is 49.6 Å². The van der Waals surface area contributed by atoms with Gasteiger partial charge >= 0.3 is 0 Å². The predicted molar refractivity (Wildman–Crippen MR) is 101 cm³/mol. The van der Waals surface area contributed by atoms with Gasteiger partial charge in [0.1, 0.15) is 0 Å². The fourth-order valence-electron chi connectivity index (χ4n) is 3.07. The molecule has 6 heteroatoms. The highest BCUT2D eigenvalue weighted by molar-refractivity contribution is 7.89. The van der Waals surface area contributed by atoms with Gasteiger partial charge in [-0.1, -0.05) is 41.4 Å². The fraction of sp³-hybridized carbons (Fsp3) is 0.368. The van der Waals surface area contributed by atoms with Gasteiger partial charge in [-0.3, -0.25) is 0 Å². The van der Waals surface area contributed by atoms with Gasteiger partial charge in [0.05, 0.1) is 4.90 Å². The molecule has 0 aliphatic carbocycles. The number of piperidine rings is 1. The third-order valence-electron chi connectivity index (χ3n) is 4.60. The maximum Gasteiger partial charge on any atom is 0.243 e. The molecule has 0 bridgehead atoms. The van der Waals surface area contributed by atoms with Crippen LogP contribution in [0.2, 0.25) is 5.02 Å². The van der Waals surface area contributed by atoms with Gasteiger partial charge < -0.3 is 5.32 Å². The topological polar surface area (TPSA) is 49.4 Å². The van der Waals surface area contributed by atoms with Crippen molar-refractivity contribution in [1.29, 1.82) is 0 Å². The van der Waals surface area contributed by atoms with Gasteiger partial charge in [-0.25, -0.2) is 8.42 Å². The van der Waals surface area contributed by atoms with Crippen LogP contribution in [0.1, 0.15) is 24.0 Å². The zero-order chi connectivity index (χ0) is 17.9. The lowest BCUT2D eigenvalue weighted by Crippen LogP contribution is -2.44. The number of hydrogen-bond acceptors (Lipinski definition) is 3. The van der Waals surface area contributed by atoms with Gasteiger partial charge in [0, 0.05) is 30.7 Å². The van der Waals surface area contributed by atoms with E-state index in [0.29, 0.717) is 24.0 Å². The fourth-order valence-corrected chi connectivity index (χ4v) is 4.75. The van der Waals surface area contributed by atoms with Gasteiger partial charge in [0.25, 0.3) is 0 Å². The minimum Gasteiger partial charge on any atom is -0.310 e. The Hall–Kier alpha value is -1.40. The molecular formula is C19H23ClN2O2S. The van der Waals surface area contributed by atoms with Crippen molar-refractivity contribution in [1.82, 2.24) is 9.62 Å². The van der Waals surface area contributed by atoms with Crippen LogP contribution in [0.4, 0.5) is 0 Å². The third-order valence-corrected chi connectivity index (χ3v) is 6.74. The summed E-state index contributed by atoms with van der Waals surface area (Å²) in [5, 5.41) is 4.24. The number of halogens is 1. The second kappa shape index (κ2) is 7.87. The number of nitrogens with zero attached hydrogens (tertiary/aromatic N) is 1. The first-order chi connectivity index (χ1) is 11.9. The van der Waals surface area contributed by atoms with Crippen LogP contribution >= 0.6 is 11.6 Å². The van der Waals surface area contributed by atoms with E-state index in [0.717, 1.165) is 35.5 Å². The van der Waals surface area contributed by atoms with E-state index in [1.807, 2.05) is 43.3 Å². The Kier molecular flexibility index (Phi) is 5.79. The normalized spacial score (nSPS) is 16.9. The smallest absolute Gasteiger partial charge is 0.243 e. The first-order valence-corrected chi connectivity index (χ1v) is 10.3. The zero-order valence-electron chi connectivity index (χ0n) is 14.3. The van der Waals surface area contributed by atoms with E-state index < -0.39 is 10.0 Å². The van der Waals surface area contributed by atoms with E-state index in [1.165, 1.54) is 0 Å². The van der Waals surface area contributed by atoms with Crippen LogP contribution in [0.3, 0.4) is 0 Å². The summed E-state index contributed by atoms with van der Waals surface area (Å²) in [5.41, 5.74) is 2.20. The maximum atomic E-state index is 12.7. The maximum absolute atomic E-state index is 12.7. The summed E-state index contributed by atoms with van der Waals surface area (Å²) in [5.74, 6) is 0. The van der Waals surface area contributed by atoms with Crippen molar-refractivity contribution in [2.45, 2.75) is 37.2 Å². The Morgan fingerprint density at radius 2 is 1.80 bits per heavy atom. The molecule has 0 spiro atoms. The molecule has 2 aromatic carbocycles. The molecule has 0 radical (unpaired) electrons. The first kappa shape index (κ1) is 18.4. The predicted octanol–water partition coefficient (Wildman–Crippen LogP) is 3.59. The quantitative estimate of drug-likeness (QED) is 0.864. The van der Waals surface area contributed by atoms with Crippen molar-refractivity contribution in [3.63, 3.8) is 0 Å². The standard InChI is InChI=1S/C19H23ClN2O2S/c1-15-5-7-19(8-6-15)25(23,24)22-11-9-18(10-12-22)21-14-16-3-2-4-17(20)13-16/h2-8,13,18,21H,9-12,14H2,1H3. The summed E-state index contributed by atoms with van der Waals surface area (Å²) in [6.07, 6.45) is 1.62. The first-order valence-electron chi connectivity index (χ1n) is 8.50. The molecule has 1 heterocycles. The van der Waals surface area contributed by atoms with E-state index in [2.05, 4.69) is 5.32 Å². The summed E-state index contributed by atoms with van der Waals surface area (Å²) >= 11 is 6.00. The van der Waals surface area contributed by atoms with Crippen LogP contribution < -0.4 is 5.32 Å². The number of nitrogens with one attached hydrogen (secondary N) is 1. The highest BCUT2D eigenvalue weighted by atomic mass is 35.5. The molecule has 0 amide bonds. The highest BCUT2D eigenvalue weighted by Gasteiger charge is 2.29. The van der Waals surface area contributed by atoms with Crippen LogP contribution in [0.15, 0.2) is 53.4 Å². The Balaban J connectivity index is 1.55. The Morgan fingerprint density at radius 3 is 2.44 bits per heavy atom. The van der Waals surface area contributed by atoms with Crippen molar-refractivity contribution in [3.8, 4) is 0 Å². The Bertz CT molecular complexity index is 814. The largest absolute Gasteiger partial charge is 0.310 e. The summed E-state index contributed by atoms with van der Waals surface area (Å²) in [4.78, 5) is 0.378. The van der Waals surface area contributed by atoms with E-state index in [9.17, 15) is 8.42 Å². The molecule has 0 saturated carbocycles. The molecule has 3 rings (SSSR count). The van der Waals surface area contributed by atoms with Crippen molar-refractivity contribution in [3.05, 3.63) is 64.7 Å². The molecule has 1 N–H and O–H groups in total. The molecule has 134 valence electrons. The highest BCUT2D eigenvalue weighted by Crippen LogP contribution is 2.21. The molecular weight excluding hydrogens is 356 g/mol. The molecule has 2 aromatic rings.